The first-order valence-corrected chi connectivity index (χ1v) is 4.00. The van der Waals surface area contributed by atoms with Crippen LogP contribution in [0.4, 0.5) is 0 Å². The maximum absolute atomic E-state index is 10.7. The third-order valence-corrected chi connectivity index (χ3v) is 1.12. The van der Waals surface area contributed by atoms with E-state index in [1.165, 1.54) is 6.08 Å². The zero-order valence-corrected chi connectivity index (χ0v) is 8.02. The van der Waals surface area contributed by atoms with Crippen molar-refractivity contribution in [1.29, 1.82) is 0 Å². The molecule has 1 N–H and O–H groups in total. The van der Waals surface area contributed by atoms with Crippen LogP contribution in [0, 0.1) is 0 Å². The first-order valence-electron chi connectivity index (χ1n) is 4.00. The fraction of sp³-hybridized carbons (Fsp3) is 0.667. The van der Waals surface area contributed by atoms with Gasteiger partial charge in [0, 0.05) is 6.54 Å². The Kier molecular flexibility index (Phi) is 4.59. The summed E-state index contributed by atoms with van der Waals surface area (Å²) in [6, 6.07) is 0. The predicted molar refractivity (Wildman–Crippen MR) is 48.9 cm³/mol. The van der Waals surface area contributed by atoms with Gasteiger partial charge >= 0.3 is 0 Å². The minimum absolute atomic E-state index is 0.140. The van der Waals surface area contributed by atoms with Gasteiger partial charge in [-0.3, -0.25) is 4.79 Å². The van der Waals surface area contributed by atoms with Crippen molar-refractivity contribution in [2.45, 2.75) is 26.4 Å². The molecule has 0 aliphatic heterocycles. The highest BCUT2D eigenvalue weighted by atomic mass is 16.5. The molecule has 0 unspecified atom stereocenters. The lowest BCUT2D eigenvalue weighted by Crippen LogP contribution is -2.29. The van der Waals surface area contributed by atoms with E-state index in [0.29, 0.717) is 13.2 Å². The second-order valence-electron chi connectivity index (χ2n) is 3.46. The van der Waals surface area contributed by atoms with Crippen molar-refractivity contribution in [2.24, 2.45) is 0 Å². The van der Waals surface area contributed by atoms with Gasteiger partial charge in [0.05, 0.1) is 12.2 Å². The number of carbonyl (C=O) groups excluding carboxylic acids is 1. The predicted octanol–water partition coefficient (Wildman–Crippen LogP) is 1.10. The fourth-order valence-electron chi connectivity index (χ4n) is 0.604. The highest BCUT2D eigenvalue weighted by molar-refractivity contribution is 5.86. The Balaban J connectivity index is 3.34. The Morgan fingerprint density at radius 2 is 2.17 bits per heavy atom. The SMILES string of the molecule is C=CC(=O)NCCOC(C)(C)C. The quantitative estimate of drug-likeness (QED) is 0.508. The number of hydrogen-bond acceptors (Lipinski definition) is 2. The molecule has 0 bridgehead atoms. The normalized spacial score (nSPS) is 10.9. The maximum Gasteiger partial charge on any atom is 0.243 e. The second-order valence-corrected chi connectivity index (χ2v) is 3.46. The van der Waals surface area contributed by atoms with Gasteiger partial charge in [-0.25, -0.2) is 0 Å². The minimum Gasteiger partial charge on any atom is -0.374 e. The molecule has 0 aromatic rings. The third-order valence-electron chi connectivity index (χ3n) is 1.12. The third kappa shape index (κ3) is 7.28. The van der Waals surface area contributed by atoms with Crippen molar-refractivity contribution in [3.05, 3.63) is 12.7 Å². The zero-order chi connectivity index (χ0) is 9.61. The number of rotatable bonds is 4. The first kappa shape index (κ1) is 11.2. The summed E-state index contributed by atoms with van der Waals surface area (Å²) < 4.78 is 5.38. The Morgan fingerprint density at radius 3 is 2.58 bits per heavy atom. The van der Waals surface area contributed by atoms with Crippen LogP contribution in [0.1, 0.15) is 20.8 Å². The topological polar surface area (TPSA) is 38.3 Å². The highest BCUT2D eigenvalue weighted by Gasteiger charge is 2.08. The van der Waals surface area contributed by atoms with Crippen LogP contribution in [-0.4, -0.2) is 24.7 Å². The van der Waals surface area contributed by atoms with Crippen LogP contribution in [0.15, 0.2) is 12.7 Å². The zero-order valence-electron chi connectivity index (χ0n) is 8.02. The van der Waals surface area contributed by atoms with Gasteiger partial charge in [0.15, 0.2) is 0 Å². The lowest BCUT2D eigenvalue weighted by molar-refractivity contribution is -0.117. The van der Waals surface area contributed by atoms with Crippen LogP contribution in [0.2, 0.25) is 0 Å². The molecule has 70 valence electrons. The summed E-state index contributed by atoms with van der Waals surface area (Å²) in [4.78, 5) is 10.7. The van der Waals surface area contributed by atoms with E-state index < -0.39 is 0 Å². The van der Waals surface area contributed by atoms with E-state index in [9.17, 15) is 4.79 Å². The molecule has 0 aliphatic carbocycles. The molecule has 3 heteroatoms. The molecular weight excluding hydrogens is 154 g/mol. The minimum atomic E-state index is -0.160. The Morgan fingerprint density at radius 1 is 1.58 bits per heavy atom. The van der Waals surface area contributed by atoms with Crippen molar-refractivity contribution in [2.75, 3.05) is 13.2 Å². The van der Waals surface area contributed by atoms with Gasteiger partial charge in [-0.2, -0.15) is 0 Å². The van der Waals surface area contributed by atoms with Gasteiger partial charge in [-0.1, -0.05) is 6.58 Å². The van der Waals surface area contributed by atoms with Crippen molar-refractivity contribution in [1.82, 2.24) is 5.32 Å². The first-order chi connectivity index (χ1) is 5.45. The number of amides is 1. The summed E-state index contributed by atoms with van der Waals surface area (Å²) in [6.45, 7) is 10.3. The van der Waals surface area contributed by atoms with E-state index in [1.807, 2.05) is 20.8 Å². The average molecular weight is 171 g/mol. The molecule has 3 nitrogen and oxygen atoms in total. The van der Waals surface area contributed by atoms with Crippen molar-refractivity contribution in [3.8, 4) is 0 Å². The van der Waals surface area contributed by atoms with Crippen LogP contribution >= 0.6 is 0 Å². The molecule has 0 aromatic carbocycles. The summed E-state index contributed by atoms with van der Waals surface area (Å²) in [5.41, 5.74) is -0.140. The average Bonchev–Trinajstić information content (AvgIpc) is 1.96. The lowest BCUT2D eigenvalue weighted by Gasteiger charge is -2.19. The number of nitrogens with one attached hydrogen (secondary N) is 1. The van der Waals surface area contributed by atoms with Crippen molar-refractivity contribution < 1.29 is 9.53 Å². The monoisotopic (exact) mass is 171 g/mol. The van der Waals surface area contributed by atoms with Crippen LogP contribution in [-0.2, 0) is 9.53 Å². The van der Waals surface area contributed by atoms with Crippen molar-refractivity contribution in [3.63, 3.8) is 0 Å². The van der Waals surface area contributed by atoms with Crippen molar-refractivity contribution >= 4 is 5.91 Å². The molecular formula is C9H17NO2. The molecule has 0 spiro atoms. The molecule has 0 radical (unpaired) electrons. The van der Waals surface area contributed by atoms with E-state index in [4.69, 9.17) is 4.74 Å². The van der Waals surface area contributed by atoms with Gasteiger partial charge in [0.25, 0.3) is 0 Å². The number of hydrogen-bond donors (Lipinski definition) is 1. The van der Waals surface area contributed by atoms with Crippen LogP contribution in [0.3, 0.4) is 0 Å². The maximum atomic E-state index is 10.7. The molecule has 0 saturated carbocycles. The molecule has 0 rings (SSSR count). The second kappa shape index (κ2) is 4.93. The van der Waals surface area contributed by atoms with Gasteiger partial charge in [0.1, 0.15) is 0 Å². The van der Waals surface area contributed by atoms with Gasteiger partial charge in [-0.05, 0) is 26.8 Å². The molecule has 0 heterocycles. The van der Waals surface area contributed by atoms with E-state index in [1.54, 1.807) is 0 Å². The van der Waals surface area contributed by atoms with E-state index in [2.05, 4.69) is 11.9 Å². The van der Waals surface area contributed by atoms with Crippen LogP contribution in [0.25, 0.3) is 0 Å². The number of carbonyl (C=O) groups is 1. The molecule has 0 atom stereocenters. The molecule has 0 aromatic heterocycles. The molecule has 0 aliphatic rings. The summed E-state index contributed by atoms with van der Waals surface area (Å²) in [5.74, 6) is -0.160. The summed E-state index contributed by atoms with van der Waals surface area (Å²) in [7, 11) is 0. The van der Waals surface area contributed by atoms with E-state index in [-0.39, 0.29) is 11.5 Å². The van der Waals surface area contributed by atoms with Gasteiger partial charge in [0.2, 0.25) is 5.91 Å². The highest BCUT2D eigenvalue weighted by Crippen LogP contribution is 2.04. The molecule has 1 amide bonds. The van der Waals surface area contributed by atoms with Crippen LogP contribution in [0.5, 0.6) is 0 Å². The van der Waals surface area contributed by atoms with E-state index >= 15 is 0 Å². The lowest BCUT2D eigenvalue weighted by atomic mass is 10.2. The van der Waals surface area contributed by atoms with Gasteiger partial charge < -0.3 is 10.1 Å². The Labute approximate surface area is 73.8 Å². The van der Waals surface area contributed by atoms with Gasteiger partial charge in [-0.15, -0.1) is 0 Å². The fourth-order valence-corrected chi connectivity index (χ4v) is 0.604. The molecule has 0 fully saturated rings. The van der Waals surface area contributed by atoms with Crippen LogP contribution < -0.4 is 5.32 Å². The summed E-state index contributed by atoms with van der Waals surface area (Å²) in [6.07, 6.45) is 1.25. The summed E-state index contributed by atoms with van der Waals surface area (Å²) in [5, 5.41) is 2.62. The number of ether oxygens (including phenoxy) is 1. The summed E-state index contributed by atoms with van der Waals surface area (Å²) >= 11 is 0. The Bertz CT molecular complexity index is 158. The van der Waals surface area contributed by atoms with E-state index in [0.717, 1.165) is 0 Å². The Hall–Kier alpha value is -0.830. The molecule has 12 heavy (non-hydrogen) atoms. The molecule has 0 saturated heterocycles. The largest absolute Gasteiger partial charge is 0.374 e. The standard InChI is InChI=1S/C9H17NO2/c1-5-8(11)10-6-7-12-9(2,3)4/h5H,1,6-7H2,2-4H3,(H,10,11). The smallest absolute Gasteiger partial charge is 0.243 e.